The fourth-order valence-corrected chi connectivity index (χ4v) is 1.25. The minimum Gasteiger partial charge on any atom is -0.393 e. The third-order valence-corrected chi connectivity index (χ3v) is 3.16. The maximum Gasteiger partial charge on any atom is 0.0785 e. The average Bonchev–Trinajstić information content (AvgIpc) is 2.10. The van der Waals surface area contributed by atoms with Gasteiger partial charge in [-0.3, -0.25) is 0 Å². The van der Waals surface area contributed by atoms with E-state index in [-0.39, 0.29) is 5.41 Å². The van der Waals surface area contributed by atoms with Crippen LogP contribution in [-0.4, -0.2) is 18.2 Å². The van der Waals surface area contributed by atoms with Crippen LogP contribution in [-0.2, 0) is 4.74 Å². The van der Waals surface area contributed by atoms with Gasteiger partial charge in [-0.05, 0) is 25.2 Å². The first-order valence-corrected chi connectivity index (χ1v) is 6.14. The molecule has 0 fully saturated rings. The minimum absolute atomic E-state index is 0.0760. The second-order valence-electron chi connectivity index (χ2n) is 5.15. The van der Waals surface area contributed by atoms with Crippen molar-refractivity contribution in [3.63, 3.8) is 0 Å². The van der Waals surface area contributed by atoms with Gasteiger partial charge in [0, 0.05) is 18.6 Å². The number of hydrogen-bond acceptors (Lipinski definition) is 2. The molecule has 0 atom stereocenters. The van der Waals surface area contributed by atoms with Crippen molar-refractivity contribution < 1.29 is 4.74 Å². The largest absolute Gasteiger partial charge is 0.393 e. The summed E-state index contributed by atoms with van der Waals surface area (Å²) >= 11 is 4.99. The lowest BCUT2D eigenvalue weighted by atomic mass is 9.90. The molecule has 0 rings (SSSR count). The van der Waals surface area contributed by atoms with E-state index in [9.17, 15) is 0 Å². The van der Waals surface area contributed by atoms with E-state index in [0.29, 0.717) is 4.99 Å². The summed E-state index contributed by atoms with van der Waals surface area (Å²) in [5.41, 5.74) is 5.55. The lowest BCUT2D eigenvalue weighted by Gasteiger charge is -2.22. The number of rotatable bonds is 8. The third-order valence-electron chi connectivity index (χ3n) is 2.61. The molecule has 0 aromatic rings. The van der Waals surface area contributed by atoms with Gasteiger partial charge in [0.15, 0.2) is 0 Å². The Morgan fingerprint density at radius 3 is 2.40 bits per heavy atom. The Morgan fingerprint density at radius 2 is 1.93 bits per heavy atom. The van der Waals surface area contributed by atoms with Crippen molar-refractivity contribution in [2.24, 2.45) is 17.1 Å². The number of hydrogen-bond donors (Lipinski definition) is 1. The SMILES string of the molecule is CC(C)CCCOCCC(C)(C)C(N)=S. The van der Waals surface area contributed by atoms with Gasteiger partial charge in [-0.1, -0.05) is 39.9 Å². The van der Waals surface area contributed by atoms with Crippen molar-refractivity contribution >= 4 is 17.2 Å². The Balaban J connectivity index is 3.43. The summed E-state index contributed by atoms with van der Waals surface area (Å²) in [7, 11) is 0. The molecule has 15 heavy (non-hydrogen) atoms. The fourth-order valence-electron chi connectivity index (χ4n) is 1.15. The van der Waals surface area contributed by atoms with E-state index < -0.39 is 0 Å². The molecule has 0 heterocycles. The van der Waals surface area contributed by atoms with E-state index in [1.54, 1.807) is 0 Å². The Bertz CT molecular complexity index is 190. The second kappa shape index (κ2) is 7.18. The van der Waals surface area contributed by atoms with Crippen molar-refractivity contribution in [3.8, 4) is 0 Å². The van der Waals surface area contributed by atoms with Gasteiger partial charge in [-0.15, -0.1) is 0 Å². The number of thiocarbonyl (C=S) groups is 1. The molecule has 0 amide bonds. The van der Waals surface area contributed by atoms with E-state index in [0.717, 1.165) is 32.0 Å². The summed E-state index contributed by atoms with van der Waals surface area (Å²) in [5.74, 6) is 0.765. The fraction of sp³-hybridized carbons (Fsp3) is 0.917. The van der Waals surface area contributed by atoms with Gasteiger partial charge in [0.1, 0.15) is 0 Å². The topological polar surface area (TPSA) is 35.2 Å². The van der Waals surface area contributed by atoms with Gasteiger partial charge in [0.25, 0.3) is 0 Å². The van der Waals surface area contributed by atoms with Crippen LogP contribution in [0.1, 0.15) is 47.0 Å². The van der Waals surface area contributed by atoms with Gasteiger partial charge in [-0.2, -0.15) is 0 Å². The summed E-state index contributed by atoms with van der Waals surface area (Å²) < 4.78 is 5.55. The molecule has 90 valence electrons. The Kier molecular flexibility index (Phi) is 7.11. The zero-order valence-electron chi connectivity index (χ0n) is 10.5. The monoisotopic (exact) mass is 231 g/mol. The molecule has 0 radical (unpaired) electrons. The predicted molar refractivity (Wildman–Crippen MR) is 70.1 cm³/mol. The van der Waals surface area contributed by atoms with Gasteiger partial charge in [0.2, 0.25) is 0 Å². The maximum atomic E-state index is 5.63. The van der Waals surface area contributed by atoms with Crippen LogP contribution in [0.25, 0.3) is 0 Å². The van der Waals surface area contributed by atoms with Crippen molar-refractivity contribution in [1.82, 2.24) is 0 Å². The van der Waals surface area contributed by atoms with Crippen molar-refractivity contribution in [3.05, 3.63) is 0 Å². The van der Waals surface area contributed by atoms with E-state index in [4.69, 9.17) is 22.7 Å². The van der Waals surface area contributed by atoms with Crippen LogP contribution >= 0.6 is 12.2 Å². The van der Waals surface area contributed by atoms with E-state index >= 15 is 0 Å². The predicted octanol–water partition coefficient (Wildman–Crippen LogP) is 3.14. The van der Waals surface area contributed by atoms with Crippen LogP contribution in [0.15, 0.2) is 0 Å². The van der Waals surface area contributed by atoms with Crippen LogP contribution in [0, 0.1) is 11.3 Å². The highest BCUT2D eigenvalue weighted by molar-refractivity contribution is 7.80. The van der Waals surface area contributed by atoms with Crippen LogP contribution < -0.4 is 5.73 Å². The first-order chi connectivity index (χ1) is 6.86. The van der Waals surface area contributed by atoms with Crippen molar-refractivity contribution in [2.45, 2.75) is 47.0 Å². The summed E-state index contributed by atoms with van der Waals surface area (Å²) in [5, 5.41) is 0. The summed E-state index contributed by atoms with van der Waals surface area (Å²) in [6.45, 7) is 10.2. The summed E-state index contributed by atoms with van der Waals surface area (Å²) in [4.78, 5) is 0.577. The molecule has 0 aliphatic carbocycles. The zero-order valence-corrected chi connectivity index (χ0v) is 11.3. The molecule has 0 unspecified atom stereocenters. The quantitative estimate of drug-likeness (QED) is 0.515. The average molecular weight is 231 g/mol. The molecule has 3 heteroatoms. The summed E-state index contributed by atoms with van der Waals surface area (Å²) in [6.07, 6.45) is 3.29. The first-order valence-electron chi connectivity index (χ1n) is 5.74. The maximum absolute atomic E-state index is 5.63. The Morgan fingerprint density at radius 1 is 1.33 bits per heavy atom. The molecular formula is C12H25NOS. The van der Waals surface area contributed by atoms with E-state index in [1.807, 2.05) is 0 Å². The van der Waals surface area contributed by atoms with Crippen LogP contribution in [0.5, 0.6) is 0 Å². The molecule has 0 aliphatic rings. The third kappa shape index (κ3) is 7.74. The Labute approximate surface area is 99.6 Å². The summed E-state index contributed by atoms with van der Waals surface area (Å²) in [6, 6.07) is 0. The van der Waals surface area contributed by atoms with E-state index in [1.165, 1.54) is 6.42 Å². The van der Waals surface area contributed by atoms with Gasteiger partial charge in [0.05, 0.1) is 4.99 Å². The van der Waals surface area contributed by atoms with Crippen LogP contribution in [0.4, 0.5) is 0 Å². The van der Waals surface area contributed by atoms with E-state index in [2.05, 4.69) is 27.7 Å². The second-order valence-corrected chi connectivity index (χ2v) is 5.59. The van der Waals surface area contributed by atoms with Crippen molar-refractivity contribution in [2.75, 3.05) is 13.2 Å². The van der Waals surface area contributed by atoms with Crippen molar-refractivity contribution in [1.29, 1.82) is 0 Å². The molecule has 0 spiro atoms. The lowest BCUT2D eigenvalue weighted by Crippen LogP contribution is -2.30. The minimum atomic E-state index is -0.0760. The highest BCUT2D eigenvalue weighted by Crippen LogP contribution is 2.20. The van der Waals surface area contributed by atoms with Crippen LogP contribution in [0.2, 0.25) is 0 Å². The number of nitrogens with two attached hydrogens (primary N) is 1. The van der Waals surface area contributed by atoms with Crippen LogP contribution in [0.3, 0.4) is 0 Å². The molecule has 0 saturated heterocycles. The highest BCUT2D eigenvalue weighted by Gasteiger charge is 2.20. The molecule has 0 saturated carbocycles. The molecule has 2 N–H and O–H groups in total. The normalized spacial score (nSPS) is 12.1. The molecule has 2 nitrogen and oxygen atoms in total. The van der Waals surface area contributed by atoms with Gasteiger partial charge >= 0.3 is 0 Å². The molecule has 0 aromatic heterocycles. The zero-order chi connectivity index (χ0) is 11.9. The highest BCUT2D eigenvalue weighted by atomic mass is 32.1. The van der Waals surface area contributed by atoms with Gasteiger partial charge in [-0.25, -0.2) is 0 Å². The standard InChI is InChI=1S/C12H25NOS/c1-10(2)6-5-8-14-9-7-12(3,4)11(13)15/h10H,5-9H2,1-4H3,(H2,13,15). The van der Waals surface area contributed by atoms with Gasteiger partial charge < -0.3 is 10.5 Å². The first kappa shape index (κ1) is 14.8. The smallest absolute Gasteiger partial charge is 0.0785 e. The molecule has 0 aromatic carbocycles. The lowest BCUT2D eigenvalue weighted by molar-refractivity contribution is 0.111. The Hall–Kier alpha value is -0.150. The molecule has 0 aliphatic heterocycles. The number of ether oxygens (including phenoxy) is 1. The molecule has 0 bridgehead atoms. The molecular weight excluding hydrogens is 206 g/mol.